The molecule has 0 spiro atoms. The van der Waals surface area contributed by atoms with Crippen LogP contribution in [0.2, 0.25) is 0 Å². The molecule has 0 heterocycles. The van der Waals surface area contributed by atoms with Gasteiger partial charge < -0.3 is 23.8 Å². The zero-order valence-electron chi connectivity index (χ0n) is 28.9. The van der Waals surface area contributed by atoms with Gasteiger partial charge in [-0.15, -0.1) is 0 Å². The summed E-state index contributed by atoms with van der Waals surface area (Å²) < 4.78 is 17.1. The number of nitrogens with zero attached hydrogens (tertiary/aromatic N) is 1. The molecular formula is C36H66NO7+. The average molecular weight is 625 g/mol. The fraction of sp³-hybridized carbons (Fsp3) is 0.806. The van der Waals surface area contributed by atoms with Crippen LogP contribution in [0.4, 0.5) is 0 Å². The summed E-state index contributed by atoms with van der Waals surface area (Å²) >= 11 is 0. The van der Waals surface area contributed by atoms with E-state index in [1.807, 2.05) is 21.1 Å². The highest BCUT2D eigenvalue weighted by Gasteiger charge is 2.31. The van der Waals surface area contributed by atoms with Crippen molar-refractivity contribution in [2.45, 2.75) is 148 Å². The summed E-state index contributed by atoms with van der Waals surface area (Å²) in [6, 6.07) is -0.612. The lowest BCUT2D eigenvalue weighted by molar-refractivity contribution is -0.887. The van der Waals surface area contributed by atoms with Crippen LogP contribution in [0.1, 0.15) is 136 Å². The molecule has 0 aromatic carbocycles. The molecule has 0 bridgehead atoms. The molecule has 0 amide bonds. The van der Waals surface area contributed by atoms with Crippen LogP contribution in [0.15, 0.2) is 24.3 Å². The normalized spacial score (nSPS) is 13.4. The predicted molar refractivity (Wildman–Crippen MR) is 178 cm³/mol. The number of carbonyl (C=O) groups is 3. The SMILES string of the molecule is CCC/C=C\C/C=C\CCCCCCCC(=O)OC(COCCC(C(=O)O)[N+](C)(C)C)COC(=O)CCCCCCCCC. The average Bonchev–Trinajstić information content (AvgIpc) is 2.96. The Morgan fingerprint density at radius 3 is 1.84 bits per heavy atom. The van der Waals surface area contributed by atoms with Gasteiger partial charge in [-0.3, -0.25) is 9.59 Å². The summed E-state index contributed by atoms with van der Waals surface area (Å²) in [5, 5.41) is 9.54. The number of carboxylic acid groups (broad SMARTS) is 1. The van der Waals surface area contributed by atoms with Crippen molar-refractivity contribution < 1.29 is 38.2 Å². The molecule has 0 radical (unpaired) electrons. The third kappa shape index (κ3) is 26.2. The van der Waals surface area contributed by atoms with Crippen molar-refractivity contribution in [1.29, 1.82) is 0 Å². The van der Waals surface area contributed by atoms with Crippen LogP contribution in [0.3, 0.4) is 0 Å². The maximum absolute atomic E-state index is 12.6. The van der Waals surface area contributed by atoms with Gasteiger partial charge in [-0.05, 0) is 38.5 Å². The van der Waals surface area contributed by atoms with Gasteiger partial charge >= 0.3 is 17.9 Å². The summed E-state index contributed by atoms with van der Waals surface area (Å²) in [6.45, 7) is 4.59. The molecule has 1 N–H and O–H groups in total. The van der Waals surface area contributed by atoms with E-state index in [9.17, 15) is 19.5 Å². The van der Waals surface area contributed by atoms with Crippen molar-refractivity contribution in [3.63, 3.8) is 0 Å². The Labute approximate surface area is 269 Å². The van der Waals surface area contributed by atoms with Crippen LogP contribution < -0.4 is 0 Å². The fourth-order valence-corrected chi connectivity index (χ4v) is 4.83. The molecule has 2 unspecified atom stereocenters. The first kappa shape index (κ1) is 41.8. The highest BCUT2D eigenvalue weighted by Crippen LogP contribution is 2.12. The highest BCUT2D eigenvalue weighted by atomic mass is 16.6. The monoisotopic (exact) mass is 624 g/mol. The van der Waals surface area contributed by atoms with E-state index in [-0.39, 0.29) is 36.2 Å². The minimum Gasteiger partial charge on any atom is -0.477 e. The third-order valence-electron chi connectivity index (χ3n) is 7.58. The zero-order chi connectivity index (χ0) is 32.9. The van der Waals surface area contributed by atoms with Gasteiger partial charge in [-0.2, -0.15) is 0 Å². The number of rotatable bonds is 30. The number of likely N-dealkylation sites (N-methyl/N-ethyl adjacent to an activating group) is 1. The number of carbonyl (C=O) groups excluding carboxylic acids is 2. The number of ether oxygens (including phenoxy) is 3. The molecule has 44 heavy (non-hydrogen) atoms. The molecule has 0 aliphatic rings. The van der Waals surface area contributed by atoms with E-state index in [0.29, 0.717) is 19.3 Å². The number of unbranched alkanes of at least 4 members (excludes halogenated alkanes) is 12. The second kappa shape index (κ2) is 28.3. The molecule has 0 rings (SSSR count). The maximum Gasteiger partial charge on any atom is 0.362 e. The van der Waals surface area contributed by atoms with Gasteiger partial charge in [0.25, 0.3) is 0 Å². The van der Waals surface area contributed by atoms with E-state index in [1.165, 1.54) is 32.1 Å². The van der Waals surface area contributed by atoms with E-state index in [4.69, 9.17) is 14.2 Å². The molecule has 0 aromatic rings. The van der Waals surface area contributed by atoms with Crippen LogP contribution in [-0.4, -0.2) is 80.6 Å². The minimum absolute atomic E-state index is 0.0549. The number of hydrogen-bond acceptors (Lipinski definition) is 6. The highest BCUT2D eigenvalue weighted by molar-refractivity contribution is 5.72. The Morgan fingerprint density at radius 2 is 1.25 bits per heavy atom. The summed E-state index contributed by atoms with van der Waals surface area (Å²) in [6.07, 6.45) is 26.6. The summed E-state index contributed by atoms with van der Waals surface area (Å²) in [7, 11) is 5.50. The first-order valence-electron chi connectivity index (χ1n) is 17.4. The van der Waals surface area contributed by atoms with Crippen molar-refractivity contribution >= 4 is 17.9 Å². The fourth-order valence-electron chi connectivity index (χ4n) is 4.83. The molecule has 0 aromatic heterocycles. The van der Waals surface area contributed by atoms with Gasteiger partial charge in [0.2, 0.25) is 0 Å². The summed E-state index contributed by atoms with van der Waals surface area (Å²) in [5.41, 5.74) is 0. The minimum atomic E-state index is -0.880. The van der Waals surface area contributed by atoms with Crippen molar-refractivity contribution in [2.24, 2.45) is 0 Å². The van der Waals surface area contributed by atoms with E-state index >= 15 is 0 Å². The van der Waals surface area contributed by atoms with Gasteiger partial charge in [0.1, 0.15) is 6.61 Å². The Kier molecular flexibility index (Phi) is 26.9. The quantitative estimate of drug-likeness (QED) is 0.0372. The number of quaternary nitrogens is 1. The Bertz CT molecular complexity index is 788. The zero-order valence-corrected chi connectivity index (χ0v) is 28.9. The number of esters is 2. The van der Waals surface area contributed by atoms with Gasteiger partial charge in [0, 0.05) is 19.3 Å². The molecule has 2 atom stereocenters. The lowest BCUT2D eigenvalue weighted by atomic mass is 10.1. The first-order chi connectivity index (χ1) is 21.1. The smallest absolute Gasteiger partial charge is 0.362 e. The predicted octanol–water partition coefficient (Wildman–Crippen LogP) is 8.18. The van der Waals surface area contributed by atoms with Gasteiger partial charge in [0.15, 0.2) is 12.1 Å². The molecule has 0 saturated heterocycles. The molecular weight excluding hydrogens is 558 g/mol. The van der Waals surface area contributed by atoms with E-state index in [0.717, 1.165) is 70.6 Å². The third-order valence-corrected chi connectivity index (χ3v) is 7.58. The second-order valence-corrected chi connectivity index (χ2v) is 12.8. The van der Waals surface area contributed by atoms with Gasteiger partial charge in [-0.25, -0.2) is 4.79 Å². The molecule has 8 heteroatoms. The maximum atomic E-state index is 12.6. The number of carboxylic acids is 1. The number of aliphatic carboxylic acids is 1. The van der Waals surface area contributed by atoms with Crippen LogP contribution in [-0.2, 0) is 28.6 Å². The molecule has 0 fully saturated rings. The van der Waals surface area contributed by atoms with Crippen molar-refractivity contribution in [3.05, 3.63) is 24.3 Å². The van der Waals surface area contributed by atoms with Crippen molar-refractivity contribution in [1.82, 2.24) is 0 Å². The molecule has 0 aliphatic carbocycles. The number of allylic oxidation sites excluding steroid dienone is 4. The first-order valence-corrected chi connectivity index (χ1v) is 17.4. The standard InChI is InChI=1S/C36H65NO7/c1-6-8-10-12-14-15-16-17-18-19-21-23-25-27-35(39)44-32(30-42-29-28-33(36(40)41)37(3,4)5)31-43-34(38)26-24-22-20-13-11-9-7-2/h10,12,15-16,32-33H,6-9,11,13-14,17-31H2,1-5H3/p+1/b12-10-,16-15-. The Morgan fingerprint density at radius 1 is 0.682 bits per heavy atom. The van der Waals surface area contributed by atoms with E-state index in [2.05, 4.69) is 38.2 Å². The lowest BCUT2D eigenvalue weighted by Crippen LogP contribution is -2.50. The Hall–Kier alpha value is -2.19. The second-order valence-electron chi connectivity index (χ2n) is 12.8. The van der Waals surface area contributed by atoms with E-state index < -0.39 is 18.1 Å². The lowest BCUT2D eigenvalue weighted by Gasteiger charge is -2.31. The topological polar surface area (TPSA) is 99.1 Å². The van der Waals surface area contributed by atoms with Gasteiger partial charge in [0.05, 0.1) is 34.4 Å². The summed E-state index contributed by atoms with van der Waals surface area (Å²) in [5.74, 6) is -1.50. The Balaban J connectivity index is 4.47. The van der Waals surface area contributed by atoms with Gasteiger partial charge in [-0.1, -0.05) is 102 Å². The molecule has 0 saturated carbocycles. The number of hydrogen-bond donors (Lipinski definition) is 1. The van der Waals surface area contributed by atoms with Crippen LogP contribution in [0.5, 0.6) is 0 Å². The van der Waals surface area contributed by atoms with Crippen molar-refractivity contribution in [3.8, 4) is 0 Å². The summed E-state index contributed by atoms with van der Waals surface area (Å²) in [4.78, 5) is 36.5. The van der Waals surface area contributed by atoms with Crippen molar-refractivity contribution in [2.75, 3.05) is 41.0 Å². The molecule has 256 valence electrons. The van der Waals surface area contributed by atoms with Crippen LogP contribution >= 0.6 is 0 Å². The van der Waals surface area contributed by atoms with E-state index in [1.54, 1.807) is 0 Å². The van der Waals surface area contributed by atoms with Crippen LogP contribution in [0.25, 0.3) is 0 Å². The largest absolute Gasteiger partial charge is 0.477 e. The van der Waals surface area contributed by atoms with Crippen LogP contribution in [0, 0.1) is 0 Å². The molecule has 0 aliphatic heterocycles. The molecule has 8 nitrogen and oxygen atoms in total.